The van der Waals surface area contributed by atoms with Gasteiger partial charge in [0.05, 0.1) is 18.1 Å². The molecule has 1 aromatic rings. The molecule has 0 spiro atoms. The summed E-state index contributed by atoms with van der Waals surface area (Å²) < 4.78 is 5.47. The van der Waals surface area contributed by atoms with E-state index < -0.39 is 0 Å². The minimum Gasteiger partial charge on any atom is -0.379 e. The van der Waals surface area contributed by atoms with Crippen molar-refractivity contribution in [3.63, 3.8) is 0 Å². The molecule has 1 heterocycles. The van der Waals surface area contributed by atoms with Crippen LogP contribution >= 0.6 is 0 Å². The zero-order valence-corrected chi connectivity index (χ0v) is 13.5. The lowest BCUT2D eigenvalue weighted by Crippen LogP contribution is -2.51. The molecule has 0 aliphatic carbocycles. The number of morpholine rings is 1. The summed E-state index contributed by atoms with van der Waals surface area (Å²) in [5.41, 5.74) is 1.19. The number of non-ortho nitro benzene ring substituents is 1. The van der Waals surface area contributed by atoms with Crippen LogP contribution in [0.3, 0.4) is 0 Å². The van der Waals surface area contributed by atoms with Gasteiger partial charge in [0.2, 0.25) is 0 Å². The van der Waals surface area contributed by atoms with Crippen molar-refractivity contribution in [1.82, 2.24) is 10.2 Å². The average molecular weight is 307 g/mol. The highest BCUT2D eigenvalue weighted by molar-refractivity contribution is 5.34. The topological polar surface area (TPSA) is 67.6 Å². The Bertz CT molecular complexity index is 492. The third-order valence-corrected chi connectivity index (χ3v) is 4.31. The molecule has 1 saturated heterocycles. The van der Waals surface area contributed by atoms with Crippen LogP contribution in [0.25, 0.3) is 0 Å². The van der Waals surface area contributed by atoms with E-state index in [9.17, 15) is 10.1 Å². The molecular weight excluding hydrogens is 282 g/mol. The van der Waals surface area contributed by atoms with E-state index in [0.29, 0.717) is 12.1 Å². The van der Waals surface area contributed by atoms with Crippen LogP contribution in [-0.4, -0.2) is 48.2 Å². The van der Waals surface area contributed by atoms with Gasteiger partial charge in [-0.1, -0.05) is 12.1 Å². The summed E-state index contributed by atoms with van der Waals surface area (Å²) in [5.74, 6) is 0. The Morgan fingerprint density at radius 2 is 2.09 bits per heavy atom. The Morgan fingerprint density at radius 1 is 1.41 bits per heavy atom. The molecular formula is C16H25N3O3. The number of rotatable bonds is 6. The Hall–Kier alpha value is -1.50. The fourth-order valence-electron chi connectivity index (χ4n) is 2.86. The van der Waals surface area contributed by atoms with Gasteiger partial charge in [-0.3, -0.25) is 15.0 Å². The normalized spacial score (nSPS) is 22.2. The molecule has 122 valence electrons. The zero-order valence-electron chi connectivity index (χ0n) is 13.5. The minimum absolute atomic E-state index is 0.131. The van der Waals surface area contributed by atoms with Crippen molar-refractivity contribution in [3.05, 3.63) is 39.9 Å². The lowest BCUT2D eigenvalue weighted by atomic mass is 10.1. The van der Waals surface area contributed by atoms with E-state index in [1.165, 1.54) is 0 Å². The van der Waals surface area contributed by atoms with Crippen LogP contribution in [0.1, 0.15) is 32.4 Å². The first kappa shape index (κ1) is 16.9. The first-order valence-corrected chi connectivity index (χ1v) is 7.80. The summed E-state index contributed by atoms with van der Waals surface area (Å²) in [7, 11) is 0. The van der Waals surface area contributed by atoms with Crippen LogP contribution < -0.4 is 5.32 Å². The van der Waals surface area contributed by atoms with Crippen molar-refractivity contribution >= 4 is 5.69 Å². The van der Waals surface area contributed by atoms with Crippen LogP contribution in [0.15, 0.2) is 24.3 Å². The fraction of sp³-hybridized carbons (Fsp3) is 0.625. The van der Waals surface area contributed by atoms with Crippen molar-refractivity contribution in [1.29, 1.82) is 0 Å². The number of nitro groups is 1. The highest BCUT2D eigenvalue weighted by Gasteiger charge is 2.23. The zero-order chi connectivity index (χ0) is 16.1. The van der Waals surface area contributed by atoms with Gasteiger partial charge in [-0.05, 0) is 26.3 Å². The Morgan fingerprint density at radius 3 is 2.68 bits per heavy atom. The molecule has 0 aromatic heterocycles. The van der Waals surface area contributed by atoms with Crippen molar-refractivity contribution in [2.75, 3.05) is 26.3 Å². The number of nitrogens with zero attached hydrogens (tertiary/aromatic N) is 2. The van der Waals surface area contributed by atoms with E-state index in [0.717, 1.165) is 31.9 Å². The quantitative estimate of drug-likeness (QED) is 0.645. The van der Waals surface area contributed by atoms with E-state index in [1.807, 2.05) is 12.1 Å². The van der Waals surface area contributed by atoms with Crippen molar-refractivity contribution in [2.24, 2.45) is 0 Å². The van der Waals surface area contributed by atoms with Crippen LogP contribution in [0.5, 0.6) is 0 Å². The van der Waals surface area contributed by atoms with E-state index in [2.05, 4.69) is 31.0 Å². The minimum atomic E-state index is -0.371. The maximum atomic E-state index is 10.7. The van der Waals surface area contributed by atoms with Gasteiger partial charge in [-0.25, -0.2) is 0 Å². The second-order valence-electron chi connectivity index (χ2n) is 5.99. The SMILES string of the molecule is C[C@H](NC[C@@H](C)N1CCOC[C@H]1C)c1ccc([N+](=O)[O-])cc1. The maximum absolute atomic E-state index is 10.7. The average Bonchev–Trinajstić information content (AvgIpc) is 2.52. The summed E-state index contributed by atoms with van der Waals surface area (Å²) >= 11 is 0. The number of hydrogen-bond donors (Lipinski definition) is 1. The second kappa shape index (κ2) is 7.67. The monoisotopic (exact) mass is 307 g/mol. The molecule has 1 aromatic carbocycles. The van der Waals surface area contributed by atoms with E-state index in [4.69, 9.17) is 4.74 Å². The van der Waals surface area contributed by atoms with Gasteiger partial charge >= 0.3 is 0 Å². The predicted octanol–water partition coefficient (Wildman–Crippen LogP) is 2.35. The molecule has 1 aliphatic heterocycles. The molecule has 0 saturated carbocycles. The van der Waals surface area contributed by atoms with E-state index in [-0.39, 0.29) is 16.7 Å². The summed E-state index contributed by atoms with van der Waals surface area (Å²) in [6, 6.07) is 7.79. The highest BCUT2D eigenvalue weighted by atomic mass is 16.6. The van der Waals surface area contributed by atoms with Gasteiger partial charge < -0.3 is 10.1 Å². The van der Waals surface area contributed by atoms with Crippen molar-refractivity contribution in [2.45, 2.75) is 38.9 Å². The lowest BCUT2D eigenvalue weighted by molar-refractivity contribution is -0.384. The van der Waals surface area contributed by atoms with Crippen molar-refractivity contribution in [3.8, 4) is 0 Å². The molecule has 2 rings (SSSR count). The molecule has 0 radical (unpaired) electrons. The van der Waals surface area contributed by atoms with Gasteiger partial charge in [0.15, 0.2) is 0 Å². The largest absolute Gasteiger partial charge is 0.379 e. The number of hydrogen-bond acceptors (Lipinski definition) is 5. The smallest absolute Gasteiger partial charge is 0.269 e. The predicted molar refractivity (Wildman–Crippen MR) is 86.0 cm³/mol. The maximum Gasteiger partial charge on any atom is 0.269 e. The van der Waals surface area contributed by atoms with Gasteiger partial charge in [-0.2, -0.15) is 0 Å². The first-order chi connectivity index (χ1) is 10.5. The fourth-order valence-corrected chi connectivity index (χ4v) is 2.86. The van der Waals surface area contributed by atoms with Crippen LogP contribution in [-0.2, 0) is 4.74 Å². The van der Waals surface area contributed by atoms with Crippen LogP contribution in [0, 0.1) is 10.1 Å². The third-order valence-electron chi connectivity index (χ3n) is 4.31. The molecule has 6 heteroatoms. The van der Waals surface area contributed by atoms with Gasteiger partial charge in [-0.15, -0.1) is 0 Å². The van der Waals surface area contributed by atoms with Crippen LogP contribution in [0.2, 0.25) is 0 Å². The summed E-state index contributed by atoms with van der Waals surface area (Å²) in [4.78, 5) is 12.8. The van der Waals surface area contributed by atoms with Gasteiger partial charge in [0.1, 0.15) is 0 Å². The molecule has 1 N–H and O–H groups in total. The molecule has 1 aliphatic rings. The Balaban J connectivity index is 1.86. The molecule has 0 bridgehead atoms. The lowest BCUT2D eigenvalue weighted by Gasteiger charge is -2.38. The molecule has 3 atom stereocenters. The Kier molecular flexibility index (Phi) is 5.88. The van der Waals surface area contributed by atoms with Gasteiger partial charge in [0.25, 0.3) is 5.69 Å². The standard InChI is InChI=1S/C16H25N3O3/c1-12(18-8-9-22-11-13(18)2)10-17-14(3)15-4-6-16(7-5-15)19(20)21/h4-7,12-14,17H,8-11H2,1-3H3/t12-,13-,14+/m1/s1. The Labute approximate surface area is 131 Å². The van der Waals surface area contributed by atoms with Crippen molar-refractivity contribution < 1.29 is 9.66 Å². The third kappa shape index (κ3) is 4.25. The summed E-state index contributed by atoms with van der Waals surface area (Å²) in [6.45, 7) is 9.93. The number of ether oxygens (including phenoxy) is 1. The summed E-state index contributed by atoms with van der Waals surface area (Å²) in [5, 5.41) is 14.2. The molecule has 1 fully saturated rings. The molecule has 22 heavy (non-hydrogen) atoms. The van der Waals surface area contributed by atoms with Gasteiger partial charge in [0, 0.05) is 43.3 Å². The van der Waals surface area contributed by atoms with E-state index in [1.54, 1.807) is 12.1 Å². The summed E-state index contributed by atoms with van der Waals surface area (Å²) in [6.07, 6.45) is 0. The number of nitro benzene ring substituents is 1. The van der Waals surface area contributed by atoms with Crippen LogP contribution in [0.4, 0.5) is 5.69 Å². The highest BCUT2D eigenvalue weighted by Crippen LogP contribution is 2.18. The first-order valence-electron chi connectivity index (χ1n) is 7.80. The molecule has 0 amide bonds. The molecule has 0 unspecified atom stereocenters. The number of benzene rings is 1. The van der Waals surface area contributed by atoms with E-state index >= 15 is 0 Å². The number of nitrogens with one attached hydrogen (secondary N) is 1. The second-order valence-corrected chi connectivity index (χ2v) is 5.99. The molecule has 6 nitrogen and oxygen atoms in total.